The van der Waals surface area contributed by atoms with Gasteiger partial charge in [-0.2, -0.15) is 0 Å². The normalized spacial score (nSPS) is 9.65. The monoisotopic (exact) mass is 382 g/mol. The Balaban J connectivity index is 0.00000200. The minimum absolute atomic E-state index is 0. The highest BCUT2D eigenvalue weighted by atomic mass is 127. The van der Waals surface area contributed by atoms with E-state index in [2.05, 4.69) is 47.3 Å². The van der Waals surface area contributed by atoms with Crippen LogP contribution in [-0.4, -0.2) is 6.41 Å². The number of amides is 1. The van der Waals surface area contributed by atoms with Gasteiger partial charge >= 0.3 is 0 Å². The molecule has 1 aromatic carbocycles. The smallest absolute Gasteiger partial charge is 0.211 e. The third-order valence-electron chi connectivity index (χ3n) is 3.26. The molecule has 2 aromatic rings. The van der Waals surface area contributed by atoms with Crippen LogP contribution in [0, 0.1) is 0 Å². The van der Waals surface area contributed by atoms with E-state index >= 15 is 0 Å². The fourth-order valence-electron chi connectivity index (χ4n) is 2.25. The molecule has 0 atom stereocenters. The van der Waals surface area contributed by atoms with Gasteiger partial charge in [-0.15, -0.1) is 0 Å². The lowest BCUT2D eigenvalue weighted by Crippen LogP contribution is -3.00. The van der Waals surface area contributed by atoms with Gasteiger partial charge in [0, 0.05) is 24.2 Å². The van der Waals surface area contributed by atoms with E-state index in [4.69, 9.17) is 0 Å². The molecular weight excluding hydrogens is 363 g/mol. The van der Waals surface area contributed by atoms with Crippen LogP contribution in [0.3, 0.4) is 0 Å². The zero-order chi connectivity index (χ0) is 13.5. The maximum Gasteiger partial charge on any atom is 0.211 e. The number of rotatable bonds is 6. The highest BCUT2D eigenvalue weighted by molar-refractivity contribution is 5.73. The van der Waals surface area contributed by atoms with Crippen molar-refractivity contribution >= 4 is 12.1 Å². The Morgan fingerprint density at radius 2 is 1.85 bits per heavy atom. The second-order valence-electron chi connectivity index (χ2n) is 4.40. The van der Waals surface area contributed by atoms with Crippen molar-refractivity contribution in [1.29, 1.82) is 0 Å². The van der Waals surface area contributed by atoms with Crippen LogP contribution < -0.4 is 33.9 Å². The first-order valence-corrected chi connectivity index (χ1v) is 6.60. The zero-order valence-corrected chi connectivity index (χ0v) is 13.7. The van der Waals surface area contributed by atoms with Crippen molar-refractivity contribution in [3.8, 4) is 0 Å². The van der Waals surface area contributed by atoms with Crippen molar-refractivity contribution in [2.24, 2.45) is 0 Å². The number of nitrogens with zero attached hydrogens (tertiary/aromatic N) is 1. The molecule has 0 aliphatic carbocycles. The summed E-state index contributed by atoms with van der Waals surface area (Å²) in [6.07, 6.45) is 4.71. The number of anilines is 1. The van der Waals surface area contributed by atoms with Gasteiger partial charge in [-0.25, -0.2) is 4.57 Å². The zero-order valence-electron chi connectivity index (χ0n) is 11.6. The van der Waals surface area contributed by atoms with E-state index < -0.39 is 0 Å². The average Bonchev–Trinajstić information content (AvgIpc) is 2.47. The van der Waals surface area contributed by atoms with Crippen LogP contribution in [0.1, 0.15) is 18.2 Å². The van der Waals surface area contributed by atoms with E-state index in [1.807, 2.05) is 18.2 Å². The van der Waals surface area contributed by atoms with E-state index in [-0.39, 0.29) is 24.0 Å². The van der Waals surface area contributed by atoms with E-state index in [0.29, 0.717) is 0 Å². The molecule has 2 rings (SSSR count). The molecule has 106 valence electrons. The lowest BCUT2D eigenvalue weighted by atomic mass is 10.1. The third-order valence-corrected chi connectivity index (χ3v) is 3.26. The molecular formula is C16H19IN2O. The van der Waals surface area contributed by atoms with Crippen molar-refractivity contribution in [1.82, 2.24) is 0 Å². The predicted molar refractivity (Wildman–Crippen MR) is 75.8 cm³/mol. The number of benzene rings is 1. The average molecular weight is 382 g/mol. The molecule has 3 nitrogen and oxygen atoms in total. The number of hydrogen-bond donors (Lipinski definition) is 1. The number of halogens is 1. The summed E-state index contributed by atoms with van der Waals surface area (Å²) in [6, 6.07) is 14.2. The van der Waals surface area contributed by atoms with Crippen LogP contribution in [-0.2, 0) is 24.2 Å². The van der Waals surface area contributed by atoms with Crippen LogP contribution in [0.25, 0.3) is 0 Å². The Kier molecular flexibility index (Phi) is 7.22. The quantitative estimate of drug-likeness (QED) is 0.402. The van der Waals surface area contributed by atoms with Gasteiger partial charge < -0.3 is 29.3 Å². The van der Waals surface area contributed by atoms with Crippen LogP contribution in [0.5, 0.6) is 0 Å². The minimum Gasteiger partial charge on any atom is -1.00 e. The topological polar surface area (TPSA) is 33.0 Å². The van der Waals surface area contributed by atoms with Crippen molar-refractivity contribution in [2.45, 2.75) is 26.3 Å². The summed E-state index contributed by atoms with van der Waals surface area (Å²) in [5.74, 6) is 0. The Morgan fingerprint density at radius 1 is 1.10 bits per heavy atom. The van der Waals surface area contributed by atoms with Crippen molar-refractivity contribution < 1.29 is 33.3 Å². The first-order chi connectivity index (χ1) is 9.35. The summed E-state index contributed by atoms with van der Waals surface area (Å²) in [7, 11) is 0. The standard InChI is InChI=1S/C16H18N2O.HI/c1-2-18-12-6-5-8-15(18)11-10-14-7-3-4-9-16(14)17-13-19;/h3-9,12-13H,2,10-11H2,1H3;1H. The first kappa shape index (κ1) is 16.6. The Morgan fingerprint density at radius 3 is 2.60 bits per heavy atom. The van der Waals surface area contributed by atoms with E-state index in [0.717, 1.165) is 31.5 Å². The van der Waals surface area contributed by atoms with E-state index in [9.17, 15) is 4.79 Å². The molecule has 1 heterocycles. The van der Waals surface area contributed by atoms with Crippen molar-refractivity contribution in [3.05, 3.63) is 59.9 Å². The summed E-state index contributed by atoms with van der Waals surface area (Å²) in [5.41, 5.74) is 3.38. The van der Waals surface area contributed by atoms with Crippen molar-refractivity contribution in [2.75, 3.05) is 5.32 Å². The number of aryl methyl sites for hydroxylation is 3. The van der Waals surface area contributed by atoms with E-state index in [1.165, 1.54) is 11.3 Å². The summed E-state index contributed by atoms with van der Waals surface area (Å²) < 4.78 is 2.25. The van der Waals surface area contributed by atoms with Crippen LogP contribution in [0.15, 0.2) is 48.7 Å². The highest BCUT2D eigenvalue weighted by Gasteiger charge is 2.08. The fraction of sp³-hybridized carbons (Fsp3) is 0.250. The van der Waals surface area contributed by atoms with Gasteiger partial charge in [0.25, 0.3) is 0 Å². The van der Waals surface area contributed by atoms with Crippen LogP contribution in [0.2, 0.25) is 0 Å². The maximum atomic E-state index is 10.6. The second kappa shape index (κ2) is 8.68. The third kappa shape index (κ3) is 4.30. The SMILES string of the molecule is CC[n+]1ccccc1CCc1ccccc1NC=O.[I-]. The van der Waals surface area contributed by atoms with Gasteiger partial charge in [-0.3, -0.25) is 4.79 Å². The predicted octanol–water partition coefficient (Wildman–Crippen LogP) is -0.648. The highest BCUT2D eigenvalue weighted by Crippen LogP contribution is 2.16. The Labute approximate surface area is 137 Å². The summed E-state index contributed by atoms with van der Waals surface area (Å²) in [4.78, 5) is 10.6. The van der Waals surface area contributed by atoms with Gasteiger partial charge in [-0.05, 0) is 25.0 Å². The van der Waals surface area contributed by atoms with Gasteiger partial charge in [0.05, 0.1) is 0 Å². The molecule has 0 aliphatic rings. The number of carbonyl (C=O) groups is 1. The fourth-order valence-corrected chi connectivity index (χ4v) is 2.25. The number of hydrogen-bond acceptors (Lipinski definition) is 1. The minimum atomic E-state index is 0. The molecule has 0 aliphatic heterocycles. The molecule has 4 heteroatoms. The molecule has 1 N–H and O–H groups in total. The molecule has 20 heavy (non-hydrogen) atoms. The maximum absolute atomic E-state index is 10.6. The summed E-state index contributed by atoms with van der Waals surface area (Å²) >= 11 is 0. The molecule has 1 amide bonds. The van der Waals surface area contributed by atoms with Gasteiger partial charge in [0.1, 0.15) is 6.54 Å². The molecule has 0 bridgehead atoms. The summed E-state index contributed by atoms with van der Waals surface area (Å²) in [6.45, 7) is 3.12. The largest absolute Gasteiger partial charge is 1.00 e. The van der Waals surface area contributed by atoms with E-state index in [1.54, 1.807) is 0 Å². The van der Waals surface area contributed by atoms with Gasteiger partial charge in [0.15, 0.2) is 11.9 Å². The lowest BCUT2D eigenvalue weighted by molar-refractivity contribution is -0.700. The second-order valence-corrected chi connectivity index (χ2v) is 4.40. The number of para-hydroxylation sites is 1. The molecule has 0 saturated heterocycles. The van der Waals surface area contributed by atoms with Crippen LogP contribution in [0.4, 0.5) is 5.69 Å². The summed E-state index contributed by atoms with van der Waals surface area (Å²) in [5, 5.41) is 2.75. The van der Waals surface area contributed by atoms with Crippen molar-refractivity contribution in [3.63, 3.8) is 0 Å². The molecule has 0 unspecified atom stereocenters. The Bertz CT molecular complexity index is 558. The Hall–Kier alpha value is -1.43. The van der Waals surface area contributed by atoms with Gasteiger partial charge in [-0.1, -0.05) is 24.3 Å². The molecule has 1 aromatic heterocycles. The molecule has 0 radical (unpaired) electrons. The first-order valence-electron chi connectivity index (χ1n) is 6.60. The number of carbonyl (C=O) groups excluding carboxylic acids is 1. The number of pyridine rings is 1. The lowest BCUT2D eigenvalue weighted by Gasteiger charge is -2.07. The molecule has 0 saturated carbocycles. The van der Waals surface area contributed by atoms with Gasteiger partial charge in [0.2, 0.25) is 6.41 Å². The van der Waals surface area contributed by atoms with Crippen LogP contribution >= 0.6 is 0 Å². The number of aromatic nitrogens is 1. The molecule has 0 spiro atoms. The molecule has 0 fully saturated rings. The number of nitrogens with one attached hydrogen (secondary N) is 1.